The van der Waals surface area contributed by atoms with Crippen LogP contribution in [0, 0.1) is 11.3 Å². The molecule has 2 bridgehead atoms. The SMILES string of the molecule is CC.CN1C2CC[C@H]1CC(Sc1ccc(OCC#N)cc1Cl)C2. The Morgan fingerprint density at radius 2 is 1.96 bits per heavy atom. The van der Waals surface area contributed by atoms with Crippen LogP contribution in [-0.2, 0) is 0 Å². The van der Waals surface area contributed by atoms with E-state index in [-0.39, 0.29) is 6.61 Å². The molecule has 2 aliphatic rings. The maximum absolute atomic E-state index is 8.53. The monoisotopic (exact) mass is 352 g/mol. The maximum Gasteiger partial charge on any atom is 0.174 e. The number of ether oxygens (including phenoxy) is 1. The van der Waals surface area contributed by atoms with E-state index in [1.54, 1.807) is 0 Å². The van der Waals surface area contributed by atoms with E-state index >= 15 is 0 Å². The number of benzene rings is 1. The van der Waals surface area contributed by atoms with Crippen LogP contribution in [0.25, 0.3) is 0 Å². The van der Waals surface area contributed by atoms with Crippen LogP contribution in [-0.4, -0.2) is 35.9 Å². The number of nitriles is 1. The third-order valence-corrected chi connectivity index (χ3v) is 6.31. The van der Waals surface area contributed by atoms with E-state index in [4.69, 9.17) is 21.6 Å². The molecule has 126 valence electrons. The first-order chi connectivity index (χ1) is 11.2. The molecule has 3 nitrogen and oxygen atoms in total. The molecule has 1 aromatic carbocycles. The van der Waals surface area contributed by atoms with Gasteiger partial charge >= 0.3 is 0 Å². The second kappa shape index (κ2) is 8.82. The van der Waals surface area contributed by atoms with Gasteiger partial charge in [-0.25, -0.2) is 0 Å². The number of halogens is 1. The Labute approximate surface area is 148 Å². The Morgan fingerprint density at radius 1 is 1.30 bits per heavy atom. The maximum atomic E-state index is 8.53. The molecule has 0 aromatic heterocycles. The van der Waals surface area contributed by atoms with E-state index in [9.17, 15) is 0 Å². The lowest BCUT2D eigenvalue weighted by atomic mass is 10.0. The Morgan fingerprint density at radius 3 is 2.52 bits per heavy atom. The Kier molecular flexibility index (Phi) is 7.08. The number of hydrogen-bond acceptors (Lipinski definition) is 4. The number of piperidine rings is 1. The fourth-order valence-corrected chi connectivity index (χ4v) is 5.04. The minimum absolute atomic E-state index is 0.0567. The van der Waals surface area contributed by atoms with Crippen LogP contribution >= 0.6 is 23.4 Å². The van der Waals surface area contributed by atoms with Gasteiger partial charge in [0.25, 0.3) is 0 Å². The molecule has 2 aliphatic heterocycles. The van der Waals surface area contributed by atoms with Crippen LogP contribution in [0.4, 0.5) is 0 Å². The highest BCUT2D eigenvalue weighted by molar-refractivity contribution is 8.00. The minimum atomic E-state index is 0.0567. The highest BCUT2D eigenvalue weighted by atomic mass is 35.5. The minimum Gasteiger partial charge on any atom is -0.479 e. The molecule has 0 saturated carbocycles. The molecule has 0 aliphatic carbocycles. The summed E-state index contributed by atoms with van der Waals surface area (Å²) in [6.07, 6.45) is 5.18. The molecule has 0 amide bonds. The molecule has 0 spiro atoms. The average molecular weight is 353 g/mol. The first-order valence-electron chi connectivity index (χ1n) is 8.35. The summed E-state index contributed by atoms with van der Waals surface area (Å²) >= 11 is 8.24. The van der Waals surface area contributed by atoms with Crippen molar-refractivity contribution in [2.45, 2.75) is 61.8 Å². The van der Waals surface area contributed by atoms with Gasteiger partial charge in [-0.15, -0.1) is 11.8 Å². The van der Waals surface area contributed by atoms with Gasteiger partial charge < -0.3 is 9.64 Å². The molecule has 2 fully saturated rings. The van der Waals surface area contributed by atoms with E-state index in [0.717, 1.165) is 22.0 Å². The van der Waals surface area contributed by atoms with Crippen molar-refractivity contribution in [3.8, 4) is 11.8 Å². The molecule has 2 unspecified atom stereocenters. The van der Waals surface area contributed by atoms with Crippen LogP contribution < -0.4 is 4.74 Å². The van der Waals surface area contributed by atoms with Crippen molar-refractivity contribution in [1.82, 2.24) is 4.90 Å². The molecule has 2 heterocycles. The average Bonchev–Trinajstić information content (AvgIpc) is 2.78. The van der Waals surface area contributed by atoms with Crippen LogP contribution in [0.5, 0.6) is 5.75 Å². The first-order valence-corrected chi connectivity index (χ1v) is 9.61. The zero-order chi connectivity index (χ0) is 16.8. The standard InChI is InChI=1S/C16H19ClN2OS.C2H6/c1-19-11-2-3-12(19)9-14(8-11)21-16-5-4-13(10-15(16)17)20-7-6-18;1-2/h4-5,10-12,14H,2-3,7-9H2,1H3;1-2H3/t11-,12?,14?;/m0./s1. The second-order valence-corrected chi connectivity index (χ2v) is 7.55. The predicted molar refractivity (Wildman–Crippen MR) is 97.4 cm³/mol. The Hall–Kier alpha value is -0.890. The molecule has 3 rings (SSSR count). The van der Waals surface area contributed by atoms with Gasteiger partial charge in [-0.05, 0) is 50.9 Å². The molecule has 2 saturated heterocycles. The third-order valence-electron chi connectivity index (χ3n) is 4.56. The molecular formula is C18H25ClN2OS. The van der Waals surface area contributed by atoms with Crippen LogP contribution in [0.15, 0.2) is 23.1 Å². The lowest BCUT2D eigenvalue weighted by Crippen LogP contribution is -2.40. The first kappa shape index (κ1) is 18.4. The lowest BCUT2D eigenvalue weighted by molar-refractivity contribution is 0.183. The van der Waals surface area contributed by atoms with Gasteiger partial charge in [0.05, 0.1) is 5.02 Å². The Bertz CT molecular complexity index is 546. The van der Waals surface area contributed by atoms with E-state index in [0.29, 0.717) is 11.0 Å². The van der Waals surface area contributed by atoms with Crippen molar-refractivity contribution in [2.24, 2.45) is 0 Å². The van der Waals surface area contributed by atoms with Crippen LogP contribution in [0.1, 0.15) is 39.5 Å². The molecule has 0 N–H and O–H groups in total. The fourth-order valence-electron chi connectivity index (χ4n) is 3.42. The summed E-state index contributed by atoms with van der Waals surface area (Å²) in [5.74, 6) is 0.661. The van der Waals surface area contributed by atoms with Crippen molar-refractivity contribution >= 4 is 23.4 Å². The van der Waals surface area contributed by atoms with Crippen LogP contribution in [0.2, 0.25) is 5.02 Å². The number of rotatable bonds is 4. The largest absolute Gasteiger partial charge is 0.479 e. The zero-order valence-corrected chi connectivity index (χ0v) is 15.7. The molecule has 3 atom stereocenters. The highest BCUT2D eigenvalue weighted by Gasteiger charge is 2.38. The van der Waals surface area contributed by atoms with Crippen molar-refractivity contribution in [1.29, 1.82) is 5.26 Å². The molecule has 1 aromatic rings. The smallest absolute Gasteiger partial charge is 0.174 e. The number of hydrogen-bond donors (Lipinski definition) is 0. The predicted octanol–water partition coefficient (Wildman–Crippen LogP) is 4.99. The van der Waals surface area contributed by atoms with Gasteiger partial charge in [-0.2, -0.15) is 5.26 Å². The van der Waals surface area contributed by atoms with Crippen molar-refractivity contribution in [3.63, 3.8) is 0 Å². The molecular weight excluding hydrogens is 328 g/mol. The number of fused-ring (bicyclic) bond motifs is 2. The van der Waals surface area contributed by atoms with Gasteiger partial charge in [0, 0.05) is 22.2 Å². The van der Waals surface area contributed by atoms with E-state index in [1.165, 1.54) is 25.7 Å². The Balaban J connectivity index is 0.000000924. The van der Waals surface area contributed by atoms with Crippen molar-refractivity contribution in [3.05, 3.63) is 23.2 Å². The van der Waals surface area contributed by atoms with Gasteiger partial charge in [0.15, 0.2) is 6.61 Å². The summed E-state index contributed by atoms with van der Waals surface area (Å²) in [5, 5.41) is 9.91. The van der Waals surface area contributed by atoms with E-state index in [1.807, 2.05) is 49.9 Å². The van der Waals surface area contributed by atoms with Crippen molar-refractivity contribution < 1.29 is 4.74 Å². The molecule has 0 radical (unpaired) electrons. The summed E-state index contributed by atoms with van der Waals surface area (Å²) in [6, 6.07) is 9.18. The summed E-state index contributed by atoms with van der Waals surface area (Å²) in [5.41, 5.74) is 0. The van der Waals surface area contributed by atoms with Gasteiger partial charge in [-0.1, -0.05) is 25.4 Å². The molecule has 23 heavy (non-hydrogen) atoms. The quantitative estimate of drug-likeness (QED) is 0.765. The summed E-state index contributed by atoms with van der Waals surface area (Å²) in [6.45, 7) is 4.06. The highest BCUT2D eigenvalue weighted by Crippen LogP contribution is 2.43. The summed E-state index contributed by atoms with van der Waals surface area (Å²) < 4.78 is 5.28. The summed E-state index contributed by atoms with van der Waals surface area (Å²) in [4.78, 5) is 3.67. The topological polar surface area (TPSA) is 36.3 Å². The van der Waals surface area contributed by atoms with E-state index < -0.39 is 0 Å². The third kappa shape index (κ3) is 4.56. The van der Waals surface area contributed by atoms with Gasteiger partial charge in [-0.3, -0.25) is 0 Å². The zero-order valence-electron chi connectivity index (χ0n) is 14.1. The fraction of sp³-hybridized carbons (Fsp3) is 0.611. The normalized spacial score (nSPS) is 26.1. The van der Waals surface area contributed by atoms with Gasteiger partial charge in [0.2, 0.25) is 0 Å². The second-order valence-electron chi connectivity index (χ2n) is 5.80. The number of nitrogens with zero attached hydrogens (tertiary/aromatic N) is 2. The summed E-state index contributed by atoms with van der Waals surface area (Å²) in [7, 11) is 2.26. The van der Waals surface area contributed by atoms with Crippen LogP contribution in [0.3, 0.4) is 0 Å². The number of thioether (sulfide) groups is 1. The lowest BCUT2D eigenvalue weighted by Gasteiger charge is -2.36. The van der Waals surface area contributed by atoms with E-state index in [2.05, 4.69) is 11.9 Å². The van der Waals surface area contributed by atoms with Crippen molar-refractivity contribution in [2.75, 3.05) is 13.7 Å². The molecule has 5 heteroatoms. The van der Waals surface area contributed by atoms with Gasteiger partial charge in [0.1, 0.15) is 11.8 Å².